The van der Waals surface area contributed by atoms with Crippen LogP contribution < -0.4 is 11.1 Å². The Bertz CT molecular complexity index is 551. The number of likely N-dealkylation sites (N-methyl/N-ethyl adjacent to an activating group) is 1. The molecule has 1 amide bonds. The average Bonchev–Trinajstić information content (AvgIpc) is 2.94. The first-order valence-electron chi connectivity index (χ1n) is 6.45. The van der Waals surface area contributed by atoms with Gasteiger partial charge in [-0.05, 0) is 49.7 Å². The number of hydrogen-bond acceptors (Lipinski definition) is 4. The van der Waals surface area contributed by atoms with E-state index in [0.717, 1.165) is 5.69 Å². The van der Waals surface area contributed by atoms with E-state index in [2.05, 4.69) is 18.3 Å². The lowest BCUT2D eigenvalue weighted by molar-refractivity contribution is -0.117. The van der Waals surface area contributed by atoms with Gasteiger partial charge in [0.1, 0.15) is 0 Å². The summed E-state index contributed by atoms with van der Waals surface area (Å²) < 4.78 is 0. The first kappa shape index (κ1) is 14.6. The molecule has 0 fully saturated rings. The van der Waals surface area contributed by atoms with Crippen LogP contribution in [0.3, 0.4) is 0 Å². The third-order valence-corrected chi connectivity index (χ3v) is 4.25. The fourth-order valence-corrected chi connectivity index (χ4v) is 2.72. The number of amides is 1. The molecule has 1 aromatic heterocycles. The van der Waals surface area contributed by atoms with E-state index in [1.807, 2.05) is 23.4 Å². The molecule has 0 spiro atoms. The number of carbonyl (C=O) groups excluding carboxylic acids is 1. The van der Waals surface area contributed by atoms with Crippen LogP contribution in [0.15, 0.2) is 41.8 Å². The molecule has 20 heavy (non-hydrogen) atoms. The van der Waals surface area contributed by atoms with Crippen LogP contribution in [0.1, 0.15) is 17.8 Å². The van der Waals surface area contributed by atoms with Crippen LogP contribution in [0.4, 0.5) is 11.4 Å². The van der Waals surface area contributed by atoms with Gasteiger partial charge in [-0.2, -0.15) is 0 Å². The molecule has 0 aliphatic carbocycles. The van der Waals surface area contributed by atoms with E-state index in [1.54, 1.807) is 35.6 Å². The zero-order valence-electron chi connectivity index (χ0n) is 11.7. The summed E-state index contributed by atoms with van der Waals surface area (Å²) in [5, 5.41) is 4.92. The molecule has 0 saturated carbocycles. The van der Waals surface area contributed by atoms with Crippen LogP contribution in [0.2, 0.25) is 0 Å². The average molecular weight is 289 g/mol. The van der Waals surface area contributed by atoms with Crippen LogP contribution in [-0.2, 0) is 4.79 Å². The molecule has 2 aromatic rings. The van der Waals surface area contributed by atoms with Crippen molar-refractivity contribution in [1.82, 2.24) is 4.90 Å². The minimum atomic E-state index is -0.0272. The highest BCUT2D eigenvalue weighted by molar-refractivity contribution is 7.10. The Labute approximate surface area is 123 Å². The predicted molar refractivity (Wildman–Crippen MR) is 84.8 cm³/mol. The summed E-state index contributed by atoms with van der Waals surface area (Å²) >= 11 is 1.70. The number of nitrogens with two attached hydrogens (primary N) is 1. The molecule has 1 unspecified atom stereocenters. The zero-order valence-corrected chi connectivity index (χ0v) is 12.5. The number of nitrogens with zero attached hydrogens (tertiary/aromatic N) is 1. The maximum atomic E-state index is 12.0. The van der Waals surface area contributed by atoms with Crippen molar-refractivity contribution >= 4 is 28.6 Å². The fourth-order valence-electron chi connectivity index (χ4n) is 1.88. The molecule has 0 bridgehead atoms. The van der Waals surface area contributed by atoms with Gasteiger partial charge in [-0.25, -0.2) is 0 Å². The Morgan fingerprint density at radius 2 is 2.05 bits per heavy atom. The third kappa shape index (κ3) is 3.82. The van der Waals surface area contributed by atoms with Crippen molar-refractivity contribution in [3.05, 3.63) is 46.7 Å². The molecule has 3 N–H and O–H groups in total. The van der Waals surface area contributed by atoms with Crippen LogP contribution in [0.5, 0.6) is 0 Å². The Balaban J connectivity index is 1.89. The Hall–Kier alpha value is -1.85. The second-order valence-electron chi connectivity index (χ2n) is 4.78. The van der Waals surface area contributed by atoms with E-state index in [4.69, 9.17) is 5.73 Å². The van der Waals surface area contributed by atoms with E-state index in [9.17, 15) is 4.79 Å². The number of nitrogen functional groups attached to an aromatic ring is 1. The number of nitrogens with one attached hydrogen (secondary N) is 1. The molecular weight excluding hydrogens is 270 g/mol. The van der Waals surface area contributed by atoms with Gasteiger partial charge >= 0.3 is 0 Å². The highest BCUT2D eigenvalue weighted by Gasteiger charge is 2.15. The molecule has 2 rings (SSSR count). The second-order valence-corrected chi connectivity index (χ2v) is 5.76. The van der Waals surface area contributed by atoms with Crippen molar-refractivity contribution in [3.8, 4) is 0 Å². The highest BCUT2D eigenvalue weighted by Crippen LogP contribution is 2.23. The molecule has 1 aromatic carbocycles. The van der Waals surface area contributed by atoms with Crippen molar-refractivity contribution in [3.63, 3.8) is 0 Å². The first-order valence-corrected chi connectivity index (χ1v) is 7.33. The molecule has 0 aliphatic rings. The quantitative estimate of drug-likeness (QED) is 0.832. The topological polar surface area (TPSA) is 58.4 Å². The molecule has 1 heterocycles. The van der Waals surface area contributed by atoms with Crippen molar-refractivity contribution in [2.24, 2.45) is 0 Å². The second kappa shape index (κ2) is 6.54. The van der Waals surface area contributed by atoms with Gasteiger partial charge in [0.05, 0.1) is 6.54 Å². The van der Waals surface area contributed by atoms with E-state index in [0.29, 0.717) is 12.2 Å². The molecule has 106 valence electrons. The largest absolute Gasteiger partial charge is 0.399 e. The van der Waals surface area contributed by atoms with Crippen LogP contribution in [-0.4, -0.2) is 24.4 Å². The molecule has 1 atom stereocenters. The van der Waals surface area contributed by atoms with Crippen molar-refractivity contribution in [2.45, 2.75) is 13.0 Å². The molecule has 0 aliphatic heterocycles. The van der Waals surface area contributed by atoms with Crippen molar-refractivity contribution < 1.29 is 4.79 Å². The lowest BCUT2D eigenvalue weighted by Crippen LogP contribution is -2.31. The lowest BCUT2D eigenvalue weighted by Gasteiger charge is -2.23. The highest BCUT2D eigenvalue weighted by atomic mass is 32.1. The Morgan fingerprint density at radius 3 is 2.65 bits per heavy atom. The predicted octanol–water partition coefficient (Wildman–Crippen LogP) is 2.96. The number of rotatable bonds is 5. The number of benzene rings is 1. The minimum Gasteiger partial charge on any atom is -0.399 e. The Kier molecular flexibility index (Phi) is 4.76. The standard InChI is InChI=1S/C15H19N3OS/c1-11(14-4-3-9-20-14)18(2)10-15(19)17-13-7-5-12(16)6-8-13/h3-9,11H,10,16H2,1-2H3,(H,17,19). The van der Waals surface area contributed by atoms with E-state index in [-0.39, 0.29) is 11.9 Å². The fraction of sp³-hybridized carbons (Fsp3) is 0.267. The van der Waals surface area contributed by atoms with E-state index >= 15 is 0 Å². The summed E-state index contributed by atoms with van der Waals surface area (Å²) in [4.78, 5) is 15.3. The van der Waals surface area contributed by atoms with Crippen molar-refractivity contribution in [2.75, 3.05) is 24.6 Å². The molecule has 0 saturated heterocycles. The zero-order chi connectivity index (χ0) is 14.5. The number of hydrogen-bond donors (Lipinski definition) is 2. The van der Waals surface area contributed by atoms with E-state index in [1.165, 1.54) is 4.88 Å². The van der Waals surface area contributed by atoms with Gasteiger partial charge in [0, 0.05) is 22.3 Å². The summed E-state index contributed by atoms with van der Waals surface area (Å²) in [6.45, 7) is 2.45. The summed E-state index contributed by atoms with van der Waals surface area (Å²) in [7, 11) is 1.95. The minimum absolute atomic E-state index is 0.0272. The van der Waals surface area contributed by atoms with Gasteiger partial charge < -0.3 is 11.1 Å². The third-order valence-electron chi connectivity index (χ3n) is 3.20. The normalized spacial score (nSPS) is 12.3. The number of carbonyl (C=O) groups is 1. The molecule has 4 nitrogen and oxygen atoms in total. The summed E-state index contributed by atoms with van der Waals surface area (Å²) in [5.74, 6) is -0.0272. The number of thiophene rings is 1. The first-order chi connectivity index (χ1) is 9.56. The maximum absolute atomic E-state index is 12.0. The van der Waals surface area contributed by atoms with E-state index < -0.39 is 0 Å². The summed E-state index contributed by atoms with van der Waals surface area (Å²) in [5.41, 5.74) is 7.06. The Morgan fingerprint density at radius 1 is 1.35 bits per heavy atom. The van der Waals surface area contributed by atoms with Crippen LogP contribution in [0, 0.1) is 0 Å². The van der Waals surface area contributed by atoms with Gasteiger partial charge in [0.2, 0.25) is 5.91 Å². The van der Waals surface area contributed by atoms with Crippen LogP contribution >= 0.6 is 11.3 Å². The molecule has 5 heteroatoms. The smallest absolute Gasteiger partial charge is 0.238 e. The van der Waals surface area contributed by atoms with Crippen LogP contribution in [0.25, 0.3) is 0 Å². The molecule has 0 radical (unpaired) electrons. The summed E-state index contributed by atoms with van der Waals surface area (Å²) in [6, 6.07) is 11.5. The lowest BCUT2D eigenvalue weighted by atomic mass is 10.2. The van der Waals surface area contributed by atoms with Gasteiger partial charge in [-0.3, -0.25) is 9.69 Å². The van der Waals surface area contributed by atoms with Crippen molar-refractivity contribution in [1.29, 1.82) is 0 Å². The van der Waals surface area contributed by atoms with Gasteiger partial charge in [0.25, 0.3) is 0 Å². The van der Waals surface area contributed by atoms with Gasteiger partial charge in [-0.15, -0.1) is 11.3 Å². The maximum Gasteiger partial charge on any atom is 0.238 e. The summed E-state index contributed by atoms with van der Waals surface area (Å²) in [6.07, 6.45) is 0. The van der Waals surface area contributed by atoms with Gasteiger partial charge in [-0.1, -0.05) is 6.07 Å². The van der Waals surface area contributed by atoms with Gasteiger partial charge in [0.15, 0.2) is 0 Å². The molecular formula is C15H19N3OS. The SMILES string of the molecule is CC(c1cccs1)N(C)CC(=O)Nc1ccc(N)cc1. The number of anilines is 2. The monoisotopic (exact) mass is 289 g/mol.